The molecule has 49 heavy (non-hydrogen) atoms. The van der Waals surface area contributed by atoms with Crippen LogP contribution in [0.4, 0.5) is 0 Å². The molecular weight excluding hydrogens is 602 g/mol. The Bertz CT molecular complexity index is 705. The minimum absolute atomic E-state index is 0.0703. The Hall–Kier alpha value is -1.13. The summed E-state index contributed by atoms with van der Waals surface area (Å²) in [5.41, 5.74) is 0. The Morgan fingerprint density at radius 1 is 0.469 bits per heavy atom. The molecule has 0 saturated heterocycles. The largest absolute Gasteiger partial charge is 0.394 e. The molecule has 4 nitrogen and oxygen atoms in total. The Balaban J connectivity index is 3.54. The van der Waals surface area contributed by atoms with Crippen LogP contribution in [0.15, 0.2) is 24.3 Å². The van der Waals surface area contributed by atoms with E-state index < -0.39 is 12.1 Å². The van der Waals surface area contributed by atoms with Crippen molar-refractivity contribution in [2.45, 2.75) is 251 Å². The van der Waals surface area contributed by atoms with E-state index in [1.54, 1.807) is 6.08 Å². The maximum Gasteiger partial charge on any atom is 0.220 e. The maximum atomic E-state index is 12.4. The van der Waals surface area contributed by atoms with E-state index in [1.165, 1.54) is 186 Å². The number of carbonyl (C=O) groups excluding carboxylic acids is 1. The summed E-state index contributed by atoms with van der Waals surface area (Å²) < 4.78 is 0. The average molecular weight is 690 g/mol. The van der Waals surface area contributed by atoms with Gasteiger partial charge in [0.25, 0.3) is 0 Å². The Kier molecular flexibility index (Phi) is 40.3. The fourth-order valence-corrected chi connectivity index (χ4v) is 6.78. The van der Waals surface area contributed by atoms with Crippen LogP contribution in [0.3, 0.4) is 0 Å². The van der Waals surface area contributed by atoms with Crippen molar-refractivity contribution in [1.82, 2.24) is 5.32 Å². The van der Waals surface area contributed by atoms with Gasteiger partial charge in [-0.05, 0) is 32.1 Å². The van der Waals surface area contributed by atoms with E-state index in [0.717, 1.165) is 32.1 Å². The number of nitrogens with one attached hydrogen (secondary N) is 1. The highest BCUT2D eigenvalue weighted by Crippen LogP contribution is 2.16. The van der Waals surface area contributed by atoms with Gasteiger partial charge in [0.1, 0.15) is 0 Å². The SMILES string of the molecule is CCCCCCCCCCC/C=C/CC/C=C/C(O)C(CO)NC(=O)CCCCCCCCCCCCCCCCCCCCCCCC. The van der Waals surface area contributed by atoms with Crippen LogP contribution in [0.1, 0.15) is 239 Å². The second-order valence-corrected chi connectivity index (χ2v) is 15.1. The third kappa shape index (κ3) is 37.9. The molecule has 0 aromatic rings. The molecule has 0 heterocycles. The molecule has 4 heteroatoms. The lowest BCUT2D eigenvalue weighted by molar-refractivity contribution is -0.123. The van der Waals surface area contributed by atoms with Crippen molar-refractivity contribution in [2.75, 3.05) is 6.61 Å². The molecule has 0 spiro atoms. The average Bonchev–Trinajstić information content (AvgIpc) is 3.10. The van der Waals surface area contributed by atoms with Gasteiger partial charge in [-0.1, -0.05) is 224 Å². The Labute approximate surface area is 307 Å². The zero-order chi connectivity index (χ0) is 35.7. The topological polar surface area (TPSA) is 69.6 Å². The van der Waals surface area contributed by atoms with Gasteiger partial charge in [0.05, 0.1) is 18.8 Å². The maximum absolute atomic E-state index is 12.4. The number of allylic oxidation sites excluding steroid dienone is 3. The quantitative estimate of drug-likeness (QED) is 0.0443. The van der Waals surface area contributed by atoms with E-state index in [4.69, 9.17) is 0 Å². The fourth-order valence-electron chi connectivity index (χ4n) is 6.78. The monoisotopic (exact) mass is 690 g/mol. The van der Waals surface area contributed by atoms with Crippen molar-refractivity contribution in [2.24, 2.45) is 0 Å². The molecule has 0 rings (SSSR count). The van der Waals surface area contributed by atoms with E-state index in [9.17, 15) is 15.0 Å². The highest BCUT2D eigenvalue weighted by molar-refractivity contribution is 5.76. The molecular formula is C45H87NO3. The molecule has 0 bridgehead atoms. The normalized spacial score (nSPS) is 13.1. The highest BCUT2D eigenvalue weighted by atomic mass is 16.3. The summed E-state index contributed by atoms with van der Waals surface area (Å²) in [4.78, 5) is 12.4. The molecule has 0 fully saturated rings. The van der Waals surface area contributed by atoms with Gasteiger partial charge in [-0.15, -0.1) is 0 Å². The number of hydrogen-bond donors (Lipinski definition) is 3. The lowest BCUT2D eigenvalue weighted by atomic mass is 10.0. The molecule has 0 aromatic carbocycles. The van der Waals surface area contributed by atoms with Gasteiger partial charge in [-0.2, -0.15) is 0 Å². The molecule has 0 aromatic heterocycles. The summed E-state index contributed by atoms with van der Waals surface area (Å²) in [5.74, 6) is -0.0703. The van der Waals surface area contributed by atoms with Crippen LogP contribution in [0.2, 0.25) is 0 Å². The van der Waals surface area contributed by atoms with Crippen LogP contribution >= 0.6 is 0 Å². The van der Waals surface area contributed by atoms with Gasteiger partial charge in [0.15, 0.2) is 0 Å². The lowest BCUT2D eigenvalue weighted by Crippen LogP contribution is -2.45. The second kappa shape index (κ2) is 41.3. The molecule has 0 aliphatic rings. The molecule has 2 atom stereocenters. The fraction of sp³-hybridized carbons (Fsp3) is 0.889. The zero-order valence-corrected chi connectivity index (χ0v) is 33.2. The van der Waals surface area contributed by atoms with Crippen LogP contribution in [0, 0.1) is 0 Å². The van der Waals surface area contributed by atoms with E-state index in [2.05, 4.69) is 31.3 Å². The summed E-state index contributed by atoms with van der Waals surface area (Å²) in [6, 6.07) is -0.634. The lowest BCUT2D eigenvalue weighted by Gasteiger charge is -2.19. The van der Waals surface area contributed by atoms with Crippen LogP contribution in [-0.2, 0) is 4.79 Å². The minimum atomic E-state index is -0.857. The number of amides is 1. The van der Waals surface area contributed by atoms with E-state index in [-0.39, 0.29) is 12.5 Å². The first-order chi connectivity index (χ1) is 24.2. The standard InChI is InChI=1S/C45H87NO3/c1-3-5-7-9-11-13-15-17-19-20-21-22-23-24-25-27-29-31-33-35-37-39-41-45(49)46-43(42-47)44(48)40-38-36-34-32-30-28-26-18-16-14-12-10-8-6-4-2/h30,32,38,40,43-44,47-48H,3-29,31,33-37,39,41-42H2,1-2H3,(H,46,49)/b32-30+,40-38+. The number of carbonyl (C=O) groups is 1. The predicted molar refractivity (Wildman–Crippen MR) is 216 cm³/mol. The van der Waals surface area contributed by atoms with E-state index in [0.29, 0.717) is 6.42 Å². The van der Waals surface area contributed by atoms with E-state index >= 15 is 0 Å². The molecule has 0 radical (unpaired) electrons. The van der Waals surface area contributed by atoms with Crippen LogP contribution < -0.4 is 5.32 Å². The summed E-state index contributed by atoms with van der Waals surface area (Å²) in [7, 11) is 0. The molecule has 0 aliphatic carbocycles. The molecule has 2 unspecified atom stereocenters. The van der Waals surface area contributed by atoms with Crippen molar-refractivity contribution in [1.29, 1.82) is 0 Å². The Morgan fingerprint density at radius 3 is 1.18 bits per heavy atom. The first kappa shape index (κ1) is 47.9. The second-order valence-electron chi connectivity index (χ2n) is 15.1. The minimum Gasteiger partial charge on any atom is -0.394 e. The van der Waals surface area contributed by atoms with Crippen molar-refractivity contribution >= 4 is 5.91 Å². The van der Waals surface area contributed by atoms with Crippen LogP contribution in [-0.4, -0.2) is 34.9 Å². The molecule has 1 amide bonds. The van der Waals surface area contributed by atoms with Gasteiger partial charge >= 0.3 is 0 Å². The van der Waals surface area contributed by atoms with Gasteiger partial charge < -0.3 is 15.5 Å². The third-order valence-corrected chi connectivity index (χ3v) is 10.2. The van der Waals surface area contributed by atoms with Gasteiger partial charge in [-0.3, -0.25) is 4.79 Å². The van der Waals surface area contributed by atoms with Crippen LogP contribution in [0.25, 0.3) is 0 Å². The molecule has 0 saturated carbocycles. The first-order valence-corrected chi connectivity index (χ1v) is 22.1. The van der Waals surface area contributed by atoms with Gasteiger partial charge in [-0.25, -0.2) is 0 Å². The predicted octanol–water partition coefficient (Wildman–Crippen LogP) is 13.6. The smallest absolute Gasteiger partial charge is 0.220 e. The summed E-state index contributed by atoms with van der Waals surface area (Å²) in [6.07, 6.45) is 52.9. The number of unbranched alkanes of at least 4 members (excludes halogenated alkanes) is 31. The molecule has 290 valence electrons. The molecule has 0 aliphatic heterocycles. The highest BCUT2D eigenvalue weighted by Gasteiger charge is 2.17. The van der Waals surface area contributed by atoms with Crippen LogP contribution in [0.5, 0.6) is 0 Å². The van der Waals surface area contributed by atoms with Crippen molar-refractivity contribution < 1.29 is 15.0 Å². The van der Waals surface area contributed by atoms with Gasteiger partial charge in [0, 0.05) is 6.42 Å². The van der Waals surface area contributed by atoms with Crippen molar-refractivity contribution in [3.63, 3.8) is 0 Å². The number of aliphatic hydroxyl groups is 2. The Morgan fingerprint density at radius 2 is 0.796 bits per heavy atom. The summed E-state index contributed by atoms with van der Waals surface area (Å²) >= 11 is 0. The van der Waals surface area contributed by atoms with Crippen molar-refractivity contribution in [3.8, 4) is 0 Å². The number of rotatable bonds is 40. The third-order valence-electron chi connectivity index (χ3n) is 10.2. The molecule has 3 N–H and O–H groups in total. The van der Waals surface area contributed by atoms with E-state index in [1.807, 2.05) is 6.08 Å². The van der Waals surface area contributed by atoms with Gasteiger partial charge in [0.2, 0.25) is 5.91 Å². The number of hydrogen-bond acceptors (Lipinski definition) is 3. The zero-order valence-electron chi connectivity index (χ0n) is 33.2. The number of aliphatic hydroxyl groups excluding tert-OH is 2. The first-order valence-electron chi connectivity index (χ1n) is 22.1. The summed E-state index contributed by atoms with van der Waals surface area (Å²) in [6.45, 7) is 4.31. The van der Waals surface area contributed by atoms with Crippen molar-refractivity contribution in [3.05, 3.63) is 24.3 Å². The summed E-state index contributed by atoms with van der Waals surface area (Å²) in [5, 5.41) is 23.0.